The normalized spacial score (nSPS) is 9.25. The molecular weight excluding hydrogens is 228 g/mol. The average molecular weight is 239 g/mol. The summed E-state index contributed by atoms with van der Waals surface area (Å²) in [5.74, 6) is 0.793. The van der Waals surface area contributed by atoms with Crippen molar-refractivity contribution in [1.29, 1.82) is 0 Å². The Kier molecular flexibility index (Phi) is 3.90. The lowest BCUT2D eigenvalue weighted by Crippen LogP contribution is -1.93. The Morgan fingerprint density at radius 2 is 1.31 bits per heavy atom. The molecule has 0 saturated carbocycles. The molecule has 0 radical (unpaired) electrons. The second kappa shape index (κ2) is 5.18. The number of nitrogens with two attached hydrogens (primary N) is 2. The first-order chi connectivity index (χ1) is 7.24. The van der Waals surface area contributed by atoms with Crippen LogP contribution in [0.5, 0.6) is 11.8 Å². The van der Waals surface area contributed by atoms with Crippen LogP contribution < -0.4 is 16.2 Å². The van der Waals surface area contributed by atoms with Gasteiger partial charge >= 0.3 is 0 Å². The van der Waals surface area contributed by atoms with Gasteiger partial charge in [-0.25, -0.2) is 9.97 Å². The Hall–Kier alpha value is -2.01. The van der Waals surface area contributed by atoms with Gasteiger partial charge in [-0.1, -0.05) is 0 Å². The van der Waals surface area contributed by atoms with E-state index in [9.17, 15) is 0 Å². The number of aromatic nitrogens is 2. The molecule has 0 bridgehead atoms. The minimum absolute atomic E-state index is 0. The summed E-state index contributed by atoms with van der Waals surface area (Å²) in [6.45, 7) is 0. The number of halogens is 1. The zero-order valence-electron chi connectivity index (χ0n) is 8.33. The van der Waals surface area contributed by atoms with Gasteiger partial charge in [0.1, 0.15) is 0 Å². The molecule has 0 aliphatic heterocycles. The molecule has 0 amide bonds. The molecule has 0 aliphatic rings. The highest BCUT2D eigenvalue weighted by Gasteiger charge is 2.00. The van der Waals surface area contributed by atoms with Crippen molar-refractivity contribution in [1.82, 2.24) is 9.97 Å². The van der Waals surface area contributed by atoms with E-state index >= 15 is 0 Å². The van der Waals surface area contributed by atoms with Crippen molar-refractivity contribution in [2.75, 3.05) is 11.5 Å². The molecule has 5 nitrogen and oxygen atoms in total. The van der Waals surface area contributed by atoms with Crippen molar-refractivity contribution in [3.8, 4) is 11.8 Å². The molecule has 0 atom stereocenters. The van der Waals surface area contributed by atoms with Crippen molar-refractivity contribution in [2.24, 2.45) is 0 Å². The van der Waals surface area contributed by atoms with E-state index in [4.69, 9.17) is 16.2 Å². The molecule has 0 saturated heterocycles. The second-order valence-electron chi connectivity index (χ2n) is 2.96. The van der Waals surface area contributed by atoms with Crippen molar-refractivity contribution >= 4 is 23.8 Å². The van der Waals surface area contributed by atoms with Gasteiger partial charge < -0.3 is 16.2 Å². The first-order valence-corrected chi connectivity index (χ1v) is 4.35. The Morgan fingerprint density at radius 1 is 0.875 bits per heavy atom. The average Bonchev–Trinajstić information content (AvgIpc) is 2.17. The van der Waals surface area contributed by atoms with Gasteiger partial charge in [-0.05, 0) is 12.1 Å². The summed E-state index contributed by atoms with van der Waals surface area (Å²) in [7, 11) is 0. The Balaban J connectivity index is 0.00000128. The maximum absolute atomic E-state index is 5.58. The minimum atomic E-state index is 0. The van der Waals surface area contributed by atoms with E-state index in [2.05, 4.69) is 9.97 Å². The monoisotopic (exact) mass is 238 g/mol. The number of nitrogen functional groups attached to an aromatic ring is 2. The third-order valence-electron chi connectivity index (χ3n) is 1.73. The summed E-state index contributed by atoms with van der Waals surface area (Å²) in [6.07, 6.45) is 3.13. The Morgan fingerprint density at radius 3 is 1.69 bits per heavy atom. The van der Waals surface area contributed by atoms with Gasteiger partial charge in [0.05, 0.1) is 0 Å². The van der Waals surface area contributed by atoms with Crippen LogP contribution in [0.25, 0.3) is 0 Å². The predicted molar refractivity (Wildman–Crippen MR) is 64.6 cm³/mol. The van der Waals surface area contributed by atoms with E-state index in [1.54, 1.807) is 36.7 Å². The van der Waals surface area contributed by atoms with Crippen LogP contribution in [0.3, 0.4) is 0 Å². The molecule has 6 heteroatoms. The van der Waals surface area contributed by atoms with Crippen LogP contribution in [0.1, 0.15) is 0 Å². The van der Waals surface area contributed by atoms with Gasteiger partial charge in [0.15, 0.2) is 0 Å². The van der Waals surface area contributed by atoms with Crippen LogP contribution >= 0.6 is 12.4 Å². The van der Waals surface area contributed by atoms with Gasteiger partial charge in [-0.2, -0.15) is 0 Å². The van der Waals surface area contributed by atoms with Crippen molar-refractivity contribution in [3.63, 3.8) is 0 Å². The van der Waals surface area contributed by atoms with Crippen LogP contribution in [0, 0.1) is 0 Å². The van der Waals surface area contributed by atoms with Gasteiger partial charge in [-0.15, -0.1) is 12.4 Å². The molecule has 0 fully saturated rings. The van der Waals surface area contributed by atoms with E-state index in [0.29, 0.717) is 23.1 Å². The summed E-state index contributed by atoms with van der Waals surface area (Å²) in [4.78, 5) is 7.96. The summed E-state index contributed by atoms with van der Waals surface area (Å²) < 4.78 is 5.36. The number of pyridine rings is 2. The highest BCUT2D eigenvalue weighted by molar-refractivity contribution is 5.85. The van der Waals surface area contributed by atoms with E-state index in [-0.39, 0.29) is 12.4 Å². The molecule has 2 heterocycles. The summed E-state index contributed by atoms with van der Waals surface area (Å²) >= 11 is 0. The summed E-state index contributed by atoms with van der Waals surface area (Å²) in [6, 6.07) is 6.59. The van der Waals surface area contributed by atoms with E-state index < -0.39 is 0 Å². The van der Waals surface area contributed by atoms with Crippen LogP contribution in [0.4, 0.5) is 11.4 Å². The molecule has 2 rings (SSSR count). The van der Waals surface area contributed by atoms with E-state index in [0.717, 1.165) is 0 Å². The zero-order valence-corrected chi connectivity index (χ0v) is 9.15. The van der Waals surface area contributed by atoms with Crippen molar-refractivity contribution < 1.29 is 4.74 Å². The third kappa shape index (κ3) is 2.99. The van der Waals surface area contributed by atoms with Crippen molar-refractivity contribution in [2.45, 2.75) is 0 Å². The maximum atomic E-state index is 5.58. The third-order valence-corrected chi connectivity index (χ3v) is 1.73. The molecule has 4 N–H and O–H groups in total. The quantitative estimate of drug-likeness (QED) is 0.834. The molecule has 0 aliphatic carbocycles. The number of hydrogen-bond acceptors (Lipinski definition) is 5. The minimum Gasteiger partial charge on any atom is -0.421 e. The maximum Gasteiger partial charge on any atom is 0.223 e. The summed E-state index contributed by atoms with van der Waals surface area (Å²) in [5.41, 5.74) is 12.3. The highest BCUT2D eigenvalue weighted by atomic mass is 35.5. The first-order valence-electron chi connectivity index (χ1n) is 4.35. The Labute approximate surface area is 98.9 Å². The van der Waals surface area contributed by atoms with Crippen LogP contribution in [0.2, 0.25) is 0 Å². The molecule has 2 aromatic heterocycles. The predicted octanol–water partition coefficient (Wildman–Crippen LogP) is 1.86. The zero-order chi connectivity index (χ0) is 10.7. The largest absolute Gasteiger partial charge is 0.421 e. The lowest BCUT2D eigenvalue weighted by Gasteiger charge is -2.04. The van der Waals surface area contributed by atoms with Crippen LogP contribution in [-0.4, -0.2) is 9.97 Å². The SMILES string of the molecule is Cl.Nc1ccnc(Oc2cc(N)ccn2)c1. The second-order valence-corrected chi connectivity index (χ2v) is 2.96. The number of nitrogens with zero attached hydrogens (tertiary/aromatic N) is 2. The Bertz CT molecular complexity index is 434. The molecule has 0 spiro atoms. The number of ether oxygens (including phenoxy) is 1. The van der Waals surface area contributed by atoms with Gasteiger partial charge in [0, 0.05) is 35.9 Å². The topological polar surface area (TPSA) is 87.0 Å². The van der Waals surface area contributed by atoms with Crippen molar-refractivity contribution in [3.05, 3.63) is 36.7 Å². The summed E-state index contributed by atoms with van der Waals surface area (Å²) in [5, 5.41) is 0. The fourth-order valence-corrected chi connectivity index (χ4v) is 1.07. The van der Waals surface area contributed by atoms with Crippen LogP contribution in [-0.2, 0) is 0 Å². The highest BCUT2D eigenvalue weighted by Crippen LogP contribution is 2.19. The van der Waals surface area contributed by atoms with E-state index in [1.165, 1.54) is 0 Å². The lowest BCUT2D eigenvalue weighted by molar-refractivity contribution is 0.445. The molecular formula is C10H11ClN4O. The molecule has 16 heavy (non-hydrogen) atoms. The fourth-order valence-electron chi connectivity index (χ4n) is 1.07. The molecule has 2 aromatic rings. The molecule has 0 unspecified atom stereocenters. The van der Waals surface area contributed by atoms with Gasteiger partial charge in [0.25, 0.3) is 0 Å². The smallest absolute Gasteiger partial charge is 0.223 e. The number of hydrogen-bond donors (Lipinski definition) is 2. The molecule has 84 valence electrons. The number of rotatable bonds is 2. The van der Waals surface area contributed by atoms with Gasteiger partial charge in [0.2, 0.25) is 11.8 Å². The van der Waals surface area contributed by atoms with Crippen LogP contribution in [0.15, 0.2) is 36.7 Å². The number of anilines is 2. The lowest BCUT2D eigenvalue weighted by atomic mass is 10.4. The van der Waals surface area contributed by atoms with E-state index in [1.807, 2.05) is 0 Å². The molecule has 0 aromatic carbocycles. The first kappa shape index (κ1) is 12.1. The fraction of sp³-hybridized carbons (Fsp3) is 0. The standard InChI is InChI=1S/C10H10N4O.ClH/c11-7-1-3-13-9(5-7)15-10-6-8(12)2-4-14-10;/h1-6H,(H2,11,13)(H2,12,14);1H. The van der Waals surface area contributed by atoms with Gasteiger partial charge in [-0.3, -0.25) is 0 Å².